The Morgan fingerprint density at radius 1 is 0.867 bits per heavy atom. The standard InChI is InChI=1S/C26H23NO3/c1-4-15(2)17-12-7-9-16(3)22(17)26(30)27-21-14-8-13-20-23(21)25(29)19-11-6-5-10-18(19)24(20)28/h5-15H,4H2,1-3H3,(H,27,30). The van der Waals surface area contributed by atoms with Crippen LogP contribution in [0.15, 0.2) is 60.7 Å². The number of fused-ring (bicyclic) bond motifs is 2. The van der Waals surface area contributed by atoms with Crippen LogP contribution in [-0.2, 0) is 0 Å². The first-order valence-corrected chi connectivity index (χ1v) is 10.2. The zero-order valence-corrected chi connectivity index (χ0v) is 17.3. The summed E-state index contributed by atoms with van der Waals surface area (Å²) in [5, 5.41) is 2.92. The van der Waals surface area contributed by atoms with E-state index in [0.29, 0.717) is 27.9 Å². The number of carbonyl (C=O) groups is 3. The zero-order valence-electron chi connectivity index (χ0n) is 17.3. The molecule has 30 heavy (non-hydrogen) atoms. The molecule has 0 radical (unpaired) electrons. The van der Waals surface area contributed by atoms with Gasteiger partial charge in [0.25, 0.3) is 5.91 Å². The fraction of sp³-hybridized carbons (Fsp3) is 0.192. The van der Waals surface area contributed by atoms with Crippen LogP contribution in [0.4, 0.5) is 5.69 Å². The van der Waals surface area contributed by atoms with Gasteiger partial charge in [0.15, 0.2) is 11.6 Å². The van der Waals surface area contributed by atoms with Gasteiger partial charge in [-0.2, -0.15) is 0 Å². The largest absolute Gasteiger partial charge is 0.321 e. The molecule has 0 bridgehead atoms. The number of ketones is 2. The molecule has 3 aromatic carbocycles. The van der Waals surface area contributed by atoms with Crippen molar-refractivity contribution < 1.29 is 14.4 Å². The fourth-order valence-electron chi connectivity index (χ4n) is 4.07. The van der Waals surface area contributed by atoms with Crippen LogP contribution in [0, 0.1) is 6.92 Å². The highest BCUT2D eigenvalue weighted by molar-refractivity contribution is 6.30. The van der Waals surface area contributed by atoms with Gasteiger partial charge in [-0.25, -0.2) is 0 Å². The van der Waals surface area contributed by atoms with Gasteiger partial charge in [0, 0.05) is 22.3 Å². The number of hydrogen-bond donors (Lipinski definition) is 1. The second-order valence-electron chi connectivity index (χ2n) is 7.73. The lowest BCUT2D eigenvalue weighted by Gasteiger charge is -2.21. The van der Waals surface area contributed by atoms with Crippen molar-refractivity contribution in [1.82, 2.24) is 0 Å². The molecule has 1 unspecified atom stereocenters. The minimum atomic E-state index is -0.268. The van der Waals surface area contributed by atoms with Crippen LogP contribution < -0.4 is 5.32 Å². The van der Waals surface area contributed by atoms with E-state index in [1.807, 2.05) is 25.1 Å². The molecule has 3 aromatic rings. The second kappa shape index (κ2) is 7.71. The molecule has 0 saturated carbocycles. The maximum atomic E-state index is 13.3. The first-order valence-electron chi connectivity index (χ1n) is 10.2. The molecule has 1 aliphatic carbocycles. The molecule has 1 amide bonds. The Kier molecular flexibility index (Phi) is 5.08. The van der Waals surface area contributed by atoms with Crippen LogP contribution in [0.5, 0.6) is 0 Å². The summed E-state index contributed by atoms with van der Waals surface area (Å²) in [5.41, 5.74) is 4.19. The number of hydrogen-bond acceptors (Lipinski definition) is 3. The summed E-state index contributed by atoms with van der Waals surface area (Å²) in [5.74, 6) is -0.489. The molecule has 1 atom stereocenters. The van der Waals surface area contributed by atoms with E-state index in [-0.39, 0.29) is 29.0 Å². The SMILES string of the molecule is CCC(C)c1cccc(C)c1C(=O)Nc1cccc2c1C(=O)c1ccccc1C2=O. The lowest BCUT2D eigenvalue weighted by Crippen LogP contribution is -2.24. The Morgan fingerprint density at radius 3 is 2.20 bits per heavy atom. The highest BCUT2D eigenvalue weighted by Gasteiger charge is 2.32. The summed E-state index contributed by atoms with van der Waals surface area (Å²) in [6.07, 6.45) is 0.911. The molecule has 4 rings (SSSR count). The van der Waals surface area contributed by atoms with Gasteiger partial charge >= 0.3 is 0 Å². The average Bonchev–Trinajstić information content (AvgIpc) is 2.76. The first-order chi connectivity index (χ1) is 14.4. The number of carbonyl (C=O) groups excluding carboxylic acids is 3. The third kappa shape index (κ3) is 3.14. The molecule has 150 valence electrons. The smallest absolute Gasteiger partial charge is 0.256 e. The van der Waals surface area contributed by atoms with Crippen molar-refractivity contribution in [2.45, 2.75) is 33.1 Å². The molecule has 0 saturated heterocycles. The average molecular weight is 397 g/mol. The van der Waals surface area contributed by atoms with Crippen molar-refractivity contribution >= 4 is 23.2 Å². The van der Waals surface area contributed by atoms with E-state index in [9.17, 15) is 14.4 Å². The van der Waals surface area contributed by atoms with Gasteiger partial charge in [-0.3, -0.25) is 14.4 Å². The van der Waals surface area contributed by atoms with Crippen LogP contribution in [0.3, 0.4) is 0 Å². The quantitative estimate of drug-likeness (QED) is 0.492. The van der Waals surface area contributed by atoms with E-state index in [2.05, 4.69) is 19.2 Å². The highest BCUT2D eigenvalue weighted by Crippen LogP contribution is 2.33. The van der Waals surface area contributed by atoms with Crippen molar-refractivity contribution in [3.63, 3.8) is 0 Å². The number of nitrogens with one attached hydrogen (secondary N) is 1. The maximum absolute atomic E-state index is 13.3. The van der Waals surface area contributed by atoms with Crippen LogP contribution in [0.1, 0.15) is 79.5 Å². The van der Waals surface area contributed by atoms with Gasteiger partial charge in [-0.05, 0) is 36.5 Å². The van der Waals surface area contributed by atoms with E-state index in [1.54, 1.807) is 42.5 Å². The predicted molar refractivity (Wildman–Crippen MR) is 118 cm³/mol. The lowest BCUT2D eigenvalue weighted by atomic mass is 9.83. The molecule has 0 fully saturated rings. The molecule has 1 aliphatic rings. The minimum absolute atomic E-state index is 0.201. The van der Waals surface area contributed by atoms with Gasteiger partial charge in [-0.15, -0.1) is 0 Å². The first kappa shape index (κ1) is 19.8. The van der Waals surface area contributed by atoms with E-state index >= 15 is 0 Å². The summed E-state index contributed by atoms with van der Waals surface area (Å²) in [6, 6.07) is 17.6. The summed E-state index contributed by atoms with van der Waals surface area (Å²) in [7, 11) is 0. The normalized spacial score (nSPS) is 13.4. The molecule has 4 heteroatoms. The van der Waals surface area contributed by atoms with Crippen LogP contribution in [0.25, 0.3) is 0 Å². The fourth-order valence-corrected chi connectivity index (χ4v) is 4.07. The summed E-state index contributed by atoms with van der Waals surface area (Å²) >= 11 is 0. The molecular weight excluding hydrogens is 374 g/mol. The lowest BCUT2D eigenvalue weighted by molar-refractivity contribution is 0.0978. The van der Waals surface area contributed by atoms with Gasteiger partial charge < -0.3 is 5.32 Å². The Morgan fingerprint density at radius 2 is 1.50 bits per heavy atom. The van der Waals surface area contributed by atoms with Gasteiger partial charge in [0.05, 0.1) is 11.3 Å². The molecule has 0 spiro atoms. The number of anilines is 1. The molecule has 0 aromatic heterocycles. The topological polar surface area (TPSA) is 63.2 Å². The van der Waals surface area contributed by atoms with Crippen LogP contribution >= 0.6 is 0 Å². The number of rotatable bonds is 4. The molecule has 1 N–H and O–H groups in total. The summed E-state index contributed by atoms with van der Waals surface area (Å²) in [6.45, 7) is 6.09. The van der Waals surface area contributed by atoms with Crippen molar-refractivity contribution in [3.8, 4) is 0 Å². The van der Waals surface area contributed by atoms with E-state index < -0.39 is 0 Å². The Bertz CT molecular complexity index is 1190. The number of amides is 1. The van der Waals surface area contributed by atoms with Crippen LogP contribution in [-0.4, -0.2) is 17.5 Å². The summed E-state index contributed by atoms with van der Waals surface area (Å²) in [4.78, 5) is 39.4. The molecule has 0 aliphatic heterocycles. The van der Waals surface area contributed by atoms with E-state index in [1.165, 1.54) is 0 Å². The molecule has 0 heterocycles. The predicted octanol–water partition coefficient (Wildman–Crippen LogP) is 5.54. The van der Waals surface area contributed by atoms with E-state index in [0.717, 1.165) is 17.5 Å². The third-order valence-electron chi connectivity index (χ3n) is 5.88. The Labute approximate surface area is 175 Å². The molecular formula is C26H23NO3. The highest BCUT2D eigenvalue weighted by atomic mass is 16.2. The minimum Gasteiger partial charge on any atom is -0.321 e. The molecule has 4 nitrogen and oxygen atoms in total. The third-order valence-corrected chi connectivity index (χ3v) is 5.88. The zero-order chi connectivity index (χ0) is 21.4. The monoisotopic (exact) mass is 397 g/mol. The van der Waals surface area contributed by atoms with Crippen molar-refractivity contribution in [2.75, 3.05) is 5.32 Å². The number of aryl methyl sites for hydroxylation is 1. The van der Waals surface area contributed by atoms with Gasteiger partial charge in [0.2, 0.25) is 0 Å². The summed E-state index contributed by atoms with van der Waals surface area (Å²) < 4.78 is 0. The van der Waals surface area contributed by atoms with Crippen LogP contribution in [0.2, 0.25) is 0 Å². The Hall–Kier alpha value is -3.53. The van der Waals surface area contributed by atoms with E-state index in [4.69, 9.17) is 0 Å². The van der Waals surface area contributed by atoms with Crippen molar-refractivity contribution in [1.29, 1.82) is 0 Å². The van der Waals surface area contributed by atoms with Crippen molar-refractivity contribution in [3.05, 3.63) is 99.6 Å². The van der Waals surface area contributed by atoms with Gasteiger partial charge in [-0.1, -0.05) is 68.4 Å². The van der Waals surface area contributed by atoms with Gasteiger partial charge in [0.1, 0.15) is 0 Å². The number of benzene rings is 3. The van der Waals surface area contributed by atoms with Crippen molar-refractivity contribution in [2.24, 2.45) is 0 Å². The Balaban J connectivity index is 1.78. The second-order valence-corrected chi connectivity index (χ2v) is 7.73. The maximum Gasteiger partial charge on any atom is 0.256 e.